The van der Waals surface area contributed by atoms with Crippen LogP contribution in [0, 0.1) is 11.3 Å². The fourth-order valence-electron chi connectivity index (χ4n) is 2.87. The van der Waals surface area contributed by atoms with Crippen molar-refractivity contribution in [2.75, 3.05) is 32.1 Å². The van der Waals surface area contributed by atoms with E-state index in [-0.39, 0.29) is 24.0 Å². The smallest absolute Gasteiger partial charge is 0.339 e. The summed E-state index contributed by atoms with van der Waals surface area (Å²) in [6.45, 7) is 5.31. The van der Waals surface area contributed by atoms with E-state index in [0.717, 1.165) is 12.8 Å². The number of nitrogens with one attached hydrogen (secondary N) is 2. The molecule has 0 aliphatic carbocycles. The molecule has 1 aliphatic heterocycles. The number of carbonyl (C=O) groups is 4. The van der Waals surface area contributed by atoms with E-state index in [0.29, 0.717) is 36.6 Å². The molecule has 1 fully saturated rings. The molecule has 1 aromatic rings. The van der Waals surface area contributed by atoms with Gasteiger partial charge in [-0.2, -0.15) is 5.26 Å². The number of nitriles is 1. The molecular weight excluding hydrogens is 446 g/mol. The minimum atomic E-state index is -1.26. The van der Waals surface area contributed by atoms with Crippen molar-refractivity contribution in [3.8, 4) is 6.07 Å². The maximum absolute atomic E-state index is 12.3. The van der Waals surface area contributed by atoms with E-state index in [4.69, 9.17) is 15.5 Å². The molecule has 1 saturated heterocycles. The fourth-order valence-corrected chi connectivity index (χ4v) is 2.87. The van der Waals surface area contributed by atoms with Crippen molar-refractivity contribution in [1.82, 2.24) is 15.2 Å². The van der Waals surface area contributed by atoms with Gasteiger partial charge >= 0.3 is 17.9 Å². The summed E-state index contributed by atoms with van der Waals surface area (Å²) in [5.74, 6) is -2.37. The van der Waals surface area contributed by atoms with Gasteiger partial charge in [0.05, 0.1) is 25.3 Å². The van der Waals surface area contributed by atoms with Crippen molar-refractivity contribution in [3.63, 3.8) is 0 Å². The van der Waals surface area contributed by atoms with Crippen LogP contribution in [0.2, 0.25) is 0 Å². The van der Waals surface area contributed by atoms with Gasteiger partial charge in [0.15, 0.2) is 0 Å². The van der Waals surface area contributed by atoms with Gasteiger partial charge in [0.1, 0.15) is 11.9 Å². The number of carboxylic acid groups (broad SMARTS) is 2. The number of carbonyl (C=O) groups excluding carboxylic acids is 2. The maximum Gasteiger partial charge on any atom is 0.339 e. The zero-order valence-corrected chi connectivity index (χ0v) is 19.3. The second-order valence-electron chi connectivity index (χ2n) is 7.90. The maximum atomic E-state index is 12.3. The number of likely N-dealkylation sites (tertiary alicyclic amines) is 1. The van der Waals surface area contributed by atoms with E-state index in [1.165, 1.54) is 13.3 Å². The number of methoxy groups -OCH3 is 1. The van der Waals surface area contributed by atoms with E-state index < -0.39 is 17.9 Å². The standard InChI is InChI=1S/C18H25N5O3.C4H4O4/c1-18(2,22-11-16(24)23-8-4-5-14(23)9-19)12-21-15-7-6-13(10-20-15)17(25)26-3;5-3(6)1-2-4(7)8/h6-7,10,14,22H,4-5,8,11-12H2,1-3H3,(H,20,21);1-2H,(H,5,6)(H,7,8)/b;2-1+/t14-;/m0./s1. The molecule has 0 bridgehead atoms. The Bertz CT molecular complexity index is 922. The van der Waals surface area contributed by atoms with Crippen molar-refractivity contribution >= 4 is 29.6 Å². The second-order valence-corrected chi connectivity index (χ2v) is 7.90. The number of aromatic nitrogens is 1. The molecule has 0 saturated carbocycles. The molecule has 1 amide bonds. The van der Waals surface area contributed by atoms with Gasteiger partial charge in [-0.1, -0.05) is 0 Å². The van der Waals surface area contributed by atoms with Gasteiger partial charge < -0.3 is 30.5 Å². The molecule has 184 valence electrons. The van der Waals surface area contributed by atoms with Crippen LogP contribution in [0.5, 0.6) is 0 Å². The Hall–Kier alpha value is -3.98. The Morgan fingerprint density at radius 2 is 1.91 bits per heavy atom. The van der Waals surface area contributed by atoms with Crippen LogP contribution in [0.1, 0.15) is 37.0 Å². The Balaban J connectivity index is 0.000000620. The zero-order chi connectivity index (χ0) is 25.7. The van der Waals surface area contributed by atoms with E-state index in [9.17, 15) is 19.2 Å². The van der Waals surface area contributed by atoms with Crippen LogP contribution in [-0.2, 0) is 19.1 Å². The largest absolute Gasteiger partial charge is 0.478 e. The first-order valence-electron chi connectivity index (χ1n) is 10.4. The topological polar surface area (TPSA) is 182 Å². The summed E-state index contributed by atoms with van der Waals surface area (Å²) in [4.78, 5) is 48.6. The third kappa shape index (κ3) is 10.1. The highest BCUT2D eigenvalue weighted by molar-refractivity contribution is 5.89. The zero-order valence-electron chi connectivity index (χ0n) is 19.3. The number of ether oxygens (including phenoxy) is 1. The van der Waals surface area contributed by atoms with Crippen LogP contribution in [0.4, 0.5) is 5.82 Å². The highest BCUT2D eigenvalue weighted by Gasteiger charge is 2.29. The molecule has 0 unspecified atom stereocenters. The van der Waals surface area contributed by atoms with Gasteiger partial charge in [0.2, 0.25) is 5.91 Å². The lowest BCUT2D eigenvalue weighted by atomic mass is 10.1. The summed E-state index contributed by atoms with van der Waals surface area (Å²) in [5, 5.41) is 31.1. The van der Waals surface area contributed by atoms with Gasteiger partial charge in [-0.15, -0.1) is 0 Å². The average Bonchev–Trinajstić information content (AvgIpc) is 3.29. The highest BCUT2D eigenvalue weighted by Crippen LogP contribution is 2.16. The van der Waals surface area contributed by atoms with Gasteiger partial charge in [-0.25, -0.2) is 19.4 Å². The Labute approximate surface area is 197 Å². The Kier molecular flexibility index (Phi) is 11.2. The lowest BCUT2D eigenvalue weighted by Crippen LogP contribution is -2.50. The summed E-state index contributed by atoms with van der Waals surface area (Å²) in [6, 6.07) is 5.22. The van der Waals surface area contributed by atoms with Crippen LogP contribution in [0.25, 0.3) is 0 Å². The predicted octanol–water partition coefficient (Wildman–Crippen LogP) is 0.875. The molecule has 1 aliphatic rings. The molecule has 0 aromatic carbocycles. The van der Waals surface area contributed by atoms with E-state index in [2.05, 4.69) is 26.4 Å². The molecule has 4 N–H and O–H groups in total. The molecule has 1 aromatic heterocycles. The fraction of sp³-hybridized carbons (Fsp3) is 0.455. The molecule has 0 radical (unpaired) electrons. The SMILES string of the molecule is COC(=O)c1ccc(NCC(C)(C)NCC(=O)N2CCC[C@H]2C#N)nc1.O=C(O)/C=C/C(=O)O. The average molecular weight is 476 g/mol. The van der Waals surface area contributed by atoms with E-state index in [1.807, 2.05) is 13.8 Å². The number of esters is 1. The van der Waals surface area contributed by atoms with Crippen molar-refractivity contribution in [2.24, 2.45) is 0 Å². The van der Waals surface area contributed by atoms with Crippen LogP contribution in [0.15, 0.2) is 30.5 Å². The van der Waals surface area contributed by atoms with Crippen molar-refractivity contribution < 1.29 is 34.1 Å². The number of hydrogen-bond donors (Lipinski definition) is 4. The van der Waals surface area contributed by atoms with E-state index in [1.54, 1.807) is 17.0 Å². The number of hydrogen-bond acceptors (Lipinski definition) is 9. The van der Waals surface area contributed by atoms with Gasteiger partial charge in [0.25, 0.3) is 0 Å². The molecule has 12 heteroatoms. The first-order valence-corrected chi connectivity index (χ1v) is 10.4. The molecule has 34 heavy (non-hydrogen) atoms. The number of amides is 1. The molecule has 0 spiro atoms. The molecule has 2 rings (SSSR count). The van der Waals surface area contributed by atoms with Crippen molar-refractivity contribution in [3.05, 3.63) is 36.0 Å². The van der Waals surface area contributed by atoms with Crippen LogP contribution in [-0.4, -0.2) is 82.2 Å². The monoisotopic (exact) mass is 475 g/mol. The van der Waals surface area contributed by atoms with Crippen LogP contribution < -0.4 is 10.6 Å². The van der Waals surface area contributed by atoms with Crippen LogP contribution >= 0.6 is 0 Å². The molecule has 2 heterocycles. The Morgan fingerprint density at radius 3 is 2.41 bits per heavy atom. The predicted molar refractivity (Wildman–Crippen MR) is 121 cm³/mol. The van der Waals surface area contributed by atoms with Gasteiger partial charge in [-0.05, 0) is 38.8 Å². The molecular formula is C22H29N5O7. The lowest BCUT2D eigenvalue weighted by molar-refractivity contribution is -0.134. The van der Waals surface area contributed by atoms with Gasteiger partial charge in [-0.3, -0.25) is 4.79 Å². The second kappa shape index (κ2) is 13.5. The third-order valence-corrected chi connectivity index (χ3v) is 4.70. The number of nitrogens with zero attached hydrogens (tertiary/aromatic N) is 3. The van der Waals surface area contributed by atoms with E-state index >= 15 is 0 Å². The first kappa shape index (κ1) is 28.1. The molecule has 12 nitrogen and oxygen atoms in total. The number of anilines is 1. The summed E-state index contributed by atoms with van der Waals surface area (Å²) in [7, 11) is 1.32. The normalized spacial score (nSPS) is 15.1. The van der Waals surface area contributed by atoms with Crippen molar-refractivity contribution in [1.29, 1.82) is 5.26 Å². The molecule has 1 atom stereocenters. The lowest BCUT2D eigenvalue weighted by Gasteiger charge is -2.28. The summed E-state index contributed by atoms with van der Waals surface area (Å²) >= 11 is 0. The van der Waals surface area contributed by atoms with Gasteiger partial charge in [0, 0.05) is 37.0 Å². The minimum Gasteiger partial charge on any atom is -0.478 e. The Morgan fingerprint density at radius 1 is 1.26 bits per heavy atom. The number of carboxylic acids is 2. The third-order valence-electron chi connectivity index (χ3n) is 4.70. The summed E-state index contributed by atoms with van der Waals surface area (Å²) < 4.78 is 4.64. The highest BCUT2D eigenvalue weighted by atomic mass is 16.5. The number of rotatable bonds is 9. The minimum absolute atomic E-state index is 0.0531. The number of aliphatic carboxylic acids is 2. The first-order chi connectivity index (χ1) is 16.0. The summed E-state index contributed by atoms with van der Waals surface area (Å²) in [6.07, 6.45) is 4.20. The number of pyridine rings is 1. The van der Waals surface area contributed by atoms with Crippen LogP contribution in [0.3, 0.4) is 0 Å². The quantitative estimate of drug-likeness (QED) is 0.294. The summed E-state index contributed by atoms with van der Waals surface area (Å²) in [5.41, 5.74) is 0.0268. The van der Waals surface area contributed by atoms with Crippen molar-refractivity contribution in [2.45, 2.75) is 38.3 Å².